The van der Waals surface area contributed by atoms with E-state index in [9.17, 15) is 5.26 Å². The Kier molecular flexibility index (Phi) is 4.53. The van der Waals surface area contributed by atoms with Crippen LogP contribution in [0.4, 0.5) is 5.69 Å². The summed E-state index contributed by atoms with van der Waals surface area (Å²) in [6.45, 7) is 5.99. The highest BCUT2D eigenvalue weighted by molar-refractivity contribution is 6.33. The van der Waals surface area contributed by atoms with Crippen molar-refractivity contribution in [3.05, 3.63) is 40.9 Å². The molecule has 1 unspecified atom stereocenters. The third-order valence-electron chi connectivity index (χ3n) is 4.37. The summed E-state index contributed by atoms with van der Waals surface area (Å²) >= 11 is 6.37. The minimum absolute atomic E-state index is 0.302. The Morgan fingerprint density at radius 3 is 2.96 bits per heavy atom. The van der Waals surface area contributed by atoms with Crippen molar-refractivity contribution in [2.45, 2.75) is 38.6 Å². The number of nitriles is 1. The van der Waals surface area contributed by atoms with E-state index in [0.29, 0.717) is 22.5 Å². The van der Waals surface area contributed by atoms with E-state index >= 15 is 0 Å². The van der Waals surface area contributed by atoms with Gasteiger partial charge in [0.2, 0.25) is 0 Å². The summed E-state index contributed by atoms with van der Waals surface area (Å²) in [5.74, 6) is 1.33. The van der Waals surface area contributed by atoms with Gasteiger partial charge in [0.1, 0.15) is 18.2 Å². The fourth-order valence-electron chi connectivity index (χ4n) is 3.26. The molecule has 2 heterocycles. The van der Waals surface area contributed by atoms with E-state index in [0.717, 1.165) is 37.4 Å². The Bertz CT molecular complexity index is 731. The first-order chi connectivity index (χ1) is 11.1. The molecule has 0 N–H and O–H groups in total. The number of hydrogen-bond acceptors (Lipinski definition) is 4. The maximum atomic E-state index is 9.38. The molecule has 0 aliphatic carbocycles. The number of rotatable bonds is 3. The summed E-state index contributed by atoms with van der Waals surface area (Å²) in [5.41, 5.74) is 1.47. The molecular formula is C17H20ClN5. The highest BCUT2D eigenvalue weighted by atomic mass is 35.5. The van der Waals surface area contributed by atoms with E-state index in [1.807, 2.05) is 18.2 Å². The molecule has 1 aromatic carbocycles. The van der Waals surface area contributed by atoms with Gasteiger partial charge in [-0.3, -0.25) is 0 Å². The molecule has 1 aromatic heterocycles. The monoisotopic (exact) mass is 329 g/mol. The van der Waals surface area contributed by atoms with Gasteiger partial charge in [-0.25, -0.2) is 0 Å². The molecule has 0 bridgehead atoms. The minimum Gasteiger partial charge on any atom is -0.369 e. The van der Waals surface area contributed by atoms with E-state index in [-0.39, 0.29) is 0 Å². The van der Waals surface area contributed by atoms with Crippen LogP contribution >= 0.6 is 11.6 Å². The molecule has 0 saturated carbocycles. The van der Waals surface area contributed by atoms with Gasteiger partial charge in [-0.1, -0.05) is 17.7 Å². The second kappa shape index (κ2) is 6.59. The number of nitrogens with zero attached hydrogens (tertiary/aromatic N) is 5. The third-order valence-corrected chi connectivity index (χ3v) is 4.67. The molecule has 1 saturated heterocycles. The SMILES string of the molecule is CC(C)n1cnnc1C1CCCN(c2c(Cl)cccc2C#N)C1. The van der Waals surface area contributed by atoms with Crippen LogP contribution in [0.15, 0.2) is 24.5 Å². The minimum atomic E-state index is 0.302. The van der Waals surface area contributed by atoms with E-state index < -0.39 is 0 Å². The topological polar surface area (TPSA) is 57.7 Å². The van der Waals surface area contributed by atoms with Crippen LogP contribution in [0, 0.1) is 11.3 Å². The average molecular weight is 330 g/mol. The smallest absolute Gasteiger partial charge is 0.137 e. The number of halogens is 1. The summed E-state index contributed by atoms with van der Waals surface area (Å²) < 4.78 is 2.13. The molecule has 1 aliphatic rings. The zero-order valence-corrected chi connectivity index (χ0v) is 14.2. The molecule has 0 amide bonds. The van der Waals surface area contributed by atoms with Gasteiger partial charge in [-0.2, -0.15) is 5.26 Å². The van der Waals surface area contributed by atoms with Crippen LogP contribution in [0.1, 0.15) is 50.0 Å². The van der Waals surface area contributed by atoms with Crippen molar-refractivity contribution in [1.29, 1.82) is 5.26 Å². The van der Waals surface area contributed by atoms with Crippen LogP contribution in [0.3, 0.4) is 0 Å². The van der Waals surface area contributed by atoms with Crippen molar-refractivity contribution in [1.82, 2.24) is 14.8 Å². The molecule has 1 aliphatic heterocycles. The summed E-state index contributed by atoms with van der Waals surface area (Å²) in [7, 11) is 0. The van der Waals surface area contributed by atoms with Crippen molar-refractivity contribution in [3.63, 3.8) is 0 Å². The number of anilines is 1. The van der Waals surface area contributed by atoms with Gasteiger partial charge in [0.15, 0.2) is 0 Å². The third kappa shape index (κ3) is 3.04. The van der Waals surface area contributed by atoms with Gasteiger partial charge < -0.3 is 9.47 Å². The lowest BCUT2D eigenvalue weighted by Crippen LogP contribution is -2.36. The van der Waals surface area contributed by atoms with E-state index in [1.54, 1.807) is 6.33 Å². The Morgan fingerprint density at radius 1 is 1.39 bits per heavy atom. The Hall–Kier alpha value is -2.06. The molecule has 0 radical (unpaired) electrons. The Morgan fingerprint density at radius 2 is 2.22 bits per heavy atom. The largest absolute Gasteiger partial charge is 0.369 e. The molecule has 6 heteroatoms. The normalized spacial score (nSPS) is 18.2. The summed E-state index contributed by atoms with van der Waals surface area (Å²) in [6.07, 6.45) is 3.93. The van der Waals surface area contributed by atoms with E-state index in [4.69, 9.17) is 11.6 Å². The van der Waals surface area contributed by atoms with Crippen LogP contribution in [0.2, 0.25) is 5.02 Å². The van der Waals surface area contributed by atoms with Crippen LogP contribution in [-0.4, -0.2) is 27.9 Å². The highest BCUT2D eigenvalue weighted by Gasteiger charge is 2.28. The first-order valence-electron chi connectivity index (χ1n) is 7.94. The molecule has 120 valence electrons. The zero-order valence-electron chi connectivity index (χ0n) is 13.4. The van der Waals surface area contributed by atoms with Crippen molar-refractivity contribution >= 4 is 17.3 Å². The van der Waals surface area contributed by atoms with Crippen LogP contribution < -0.4 is 4.90 Å². The van der Waals surface area contributed by atoms with Crippen molar-refractivity contribution < 1.29 is 0 Å². The van der Waals surface area contributed by atoms with Crippen molar-refractivity contribution in [2.75, 3.05) is 18.0 Å². The first kappa shape index (κ1) is 15.8. The van der Waals surface area contributed by atoms with Crippen molar-refractivity contribution in [3.8, 4) is 6.07 Å². The predicted octanol–water partition coefficient (Wildman–Crippen LogP) is 3.77. The Balaban J connectivity index is 1.90. The summed E-state index contributed by atoms with van der Waals surface area (Å²) in [4.78, 5) is 2.22. The van der Waals surface area contributed by atoms with Gasteiger partial charge in [0, 0.05) is 25.0 Å². The van der Waals surface area contributed by atoms with Gasteiger partial charge >= 0.3 is 0 Å². The quantitative estimate of drug-likeness (QED) is 0.860. The number of piperidine rings is 1. The van der Waals surface area contributed by atoms with Gasteiger partial charge in [0.25, 0.3) is 0 Å². The van der Waals surface area contributed by atoms with E-state index in [1.165, 1.54) is 0 Å². The number of hydrogen-bond donors (Lipinski definition) is 0. The zero-order chi connectivity index (χ0) is 16.4. The fourth-order valence-corrected chi connectivity index (χ4v) is 3.55. The molecule has 1 atom stereocenters. The molecule has 2 aromatic rings. The second-order valence-electron chi connectivity index (χ2n) is 6.22. The van der Waals surface area contributed by atoms with Crippen LogP contribution in [0.25, 0.3) is 0 Å². The van der Waals surface area contributed by atoms with Crippen molar-refractivity contribution in [2.24, 2.45) is 0 Å². The summed E-state index contributed by atoms with van der Waals surface area (Å²) in [5, 5.41) is 18.4. The molecule has 3 rings (SSSR count). The fraction of sp³-hybridized carbons (Fsp3) is 0.471. The van der Waals surface area contributed by atoms with Crippen LogP contribution in [-0.2, 0) is 0 Å². The average Bonchev–Trinajstić information content (AvgIpc) is 3.04. The maximum absolute atomic E-state index is 9.38. The highest BCUT2D eigenvalue weighted by Crippen LogP contribution is 2.35. The lowest BCUT2D eigenvalue weighted by molar-refractivity contribution is 0.454. The first-order valence-corrected chi connectivity index (χ1v) is 8.32. The predicted molar refractivity (Wildman–Crippen MR) is 90.8 cm³/mol. The molecular weight excluding hydrogens is 310 g/mol. The second-order valence-corrected chi connectivity index (χ2v) is 6.63. The standard InChI is InChI=1S/C17H20ClN5/c1-12(2)23-11-20-21-17(23)14-6-4-8-22(10-14)16-13(9-19)5-3-7-15(16)18/h3,5,7,11-12,14H,4,6,8,10H2,1-2H3. The van der Waals surface area contributed by atoms with Gasteiger partial charge in [0.05, 0.1) is 16.3 Å². The van der Waals surface area contributed by atoms with Gasteiger partial charge in [-0.15, -0.1) is 10.2 Å². The maximum Gasteiger partial charge on any atom is 0.137 e. The molecule has 0 spiro atoms. The lowest BCUT2D eigenvalue weighted by atomic mass is 9.95. The molecule has 23 heavy (non-hydrogen) atoms. The lowest BCUT2D eigenvalue weighted by Gasteiger charge is -2.35. The Labute approximate surface area is 141 Å². The summed E-state index contributed by atoms with van der Waals surface area (Å²) in [6, 6.07) is 8.08. The molecule has 1 fully saturated rings. The number of aromatic nitrogens is 3. The number of benzene rings is 1. The van der Waals surface area contributed by atoms with E-state index in [2.05, 4.69) is 39.6 Å². The molecule has 5 nitrogen and oxygen atoms in total. The number of para-hydroxylation sites is 1. The van der Waals surface area contributed by atoms with Gasteiger partial charge in [-0.05, 0) is 38.8 Å². The van der Waals surface area contributed by atoms with Crippen LogP contribution in [0.5, 0.6) is 0 Å².